The summed E-state index contributed by atoms with van der Waals surface area (Å²) in [7, 11) is 1.59. The Labute approximate surface area is 267 Å². The number of fused-ring (bicyclic) bond motifs is 1. The molecule has 4 rings (SSSR count). The molecule has 2 aliphatic rings. The number of carbonyl (C=O) groups is 3. The topological polar surface area (TPSA) is 127 Å². The van der Waals surface area contributed by atoms with Gasteiger partial charge < -0.3 is 29.5 Å². The molecule has 1 aliphatic heterocycles. The fraction of sp³-hybridized carbons (Fsp3) is 0.576. The number of hydrogen-bond donors (Lipinski definition) is 2. The maximum atomic E-state index is 14.4. The molecule has 2 N–H and O–H groups in total. The number of ether oxygens (including phenoxy) is 3. The lowest BCUT2D eigenvalue weighted by atomic mass is 9.82. The molecule has 2 fully saturated rings. The van der Waals surface area contributed by atoms with Crippen LogP contribution in [0.1, 0.15) is 72.1 Å². The van der Waals surface area contributed by atoms with E-state index in [2.05, 4.69) is 32.8 Å². The Bertz CT molecular complexity index is 1380. The van der Waals surface area contributed by atoms with Crippen molar-refractivity contribution >= 4 is 44.7 Å². The molecule has 2 heterocycles. The first-order valence-electron chi connectivity index (χ1n) is 15.3. The lowest BCUT2D eigenvalue weighted by Crippen LogP contribution is -2.60. The number of amides is 2. The summed E-state index contributed by atoms with van der Waals surface area (Å²) in [4.78, 5) is 46.2. The Morgan fingerprint density at radius 1 is 1.27 bits per heavy atom. The van der Waals surface area contributed by atoms with Crippen LogP contribution >= 0.6 is 15.9 Å². The van der Waals surface area contributed by atoms with E-state index in [1.807, 2.05) is 32.0 Å². The molecule has 0 bridgehead atoms. The first-order chi connectivity index (χ1) is 20.9. The van der Waals surface area contributed by atoms with E-state index in [0.717, 1.165) is 47.3 Å². The molecule has 2 aromatic rings. The Balaban J connectivity index is 1.61. The van der Waals surface area contributed by atoms with Gasteiger partial charge in [-0.1, -0.05) is 46.1 Å². The zero-order valence-electron chi connectivity index (χ0n) is 26.1. The number of pyridine rings is 1. The molecule has 240 valence electrons. The van der Waals surface area contributed by atoms with Crippen LogP contribution < -0.4 is 14.8 Å². The second kappa shape index (κ2) is 14.2. The number of nitrogens with zero attached hydrogens (tertiary/aromatic N) is 2. The van der Waals surface area contributed by atoms with Crippen LogP contribution in [0.5, 0.6) is 11.6 Å². The van der Waals surface area contributed by atoms with Crippen LogP contribution in [0.2, 0.25) is 0 Å². The molecule has 3 atom stereocenters. The zero-order chi connectivity index (χ0) is 32.1. The molecule has 1 aromatic carbocycles. The summed E-state index contributed by atoms with van der Waals surface area (Å²) >= 11 is 3.52. The highest BCUT2D eigenvalue weighted by Gasteiger charge is 2.55. The Hall–Kier alpha value is -3.34. The quantitative estimate of drug-likeness (QED) is 0.245. The number of hydrogen-bond acceptors (Lipinski definition) is 7. The average molecular weight is 675 g/mol. The second-order valence-electron chi connectivity index (χ2n) is 12.7. The number of rotatable bonds is 12. The SMILES string of the molecule is C=CCC(C)(C)COC(=O)N[C@H](C(=O)N1C[C@H](Oc2nccc3cc(OC)c(Br)cc23)C[C@@]1(CC)C(=O)O)C1CCCCC1. The number of aliphatic carboxylic acids is 1. The summed E-state index contributed by atoms with van der Waals surface area (Å²) < 4.78 is 18.1. The molecule has 1 saturated carbocycles. The van der Waals surface area contributed by atoms with Gasteiger partial charge in [-0.3, -0.25) is 4.79 Å². The van der Waals surface area contributed by atoms with E-state index in [4.69, 9.17) is 14.2 Å². The number of aromatic nitrogens is 1. The lowest BCUT2D eigenvalue weighted by molar-refractivity contribution is -0.158. The van der Waals surface area contributed by atoms with Gasteiger partial charge in [0.05, 0.1) is 24.7 Å². The third kappa shape index (κ3) is 7.30. The molecule has 2 amide bonds. The zero-order valence-corrected chi connectivity index (χ0v) is 27.7. The van der Waals surface area contributed by atoms with E-state index < -0.39 is 35.7 Å². The molecule has 0 spiro atoms. The van der Waals surface area contributed by atoms with Crippen molar-refractivity contribution in [3.63, 3.8) is 0 Å². The van der Waals surface area contributed by atoms with Crippen LogP contribution in [0, 0.1) is 11.3 Å². The van der Waals surface area contributed by atoms with Crippen molar-refractivity contribution in [2.24, 2.45) is 11.3 Å². The van der Waals surface area contributed by atoms with E-state index in [-0.39, 0.29) is 37.3 Å². The summed E-state index contributed by atoms with van der Waals surface area (Å²) in [6.45, 7) is 9.67. The smallest absolute Gasteiger partial charge is 0.407 e. The largest absolute Gasteiger partial charge is 0.496 e. The van der Waals surface area contributed by atoms with Gasteiger partial charge in [-0.15, -0.1) is 6.58 Å². The molecule has 1 aliphatic carbocycles. The van der Waals surface area contributed by atoms with E-state index >= 15 is 0 Å². The first kappa shape index (κ1) is 33.6. The third-order valence-electron chi connectivity index (χ3n) is 8.95. The minimum Gasteiger partial charge on any atom is -0.496 e. The Morgan fingerprint density at radius 3 is 2.64 bits per heavy atom. The molecule has 0 radical (unpaired) electrons. The predicted molar refractivity (Wildman–Crippen MR) is 171 cm³/mol. The molecule has 1 saturated heterocycles. The van der Waals surface area contributed by atoms with Gasteiger partial charge in [0.15, 0.2) is 0 Å². The van der Waals surface area contributed by atoms with Gasteiger partial charge in [-0.05, 0) is 71.1 Å². The summed E-state index contributed by atoms with van der Waals surface area (Å²) in [6, 6.07) is 4.65. The average Bonchev–Trinajstić information content (AvgIpc) is 3.38. The van der Waals surface area contributed by atoms with Crippen LogP contribution in [0.15, 0.2) is 41.5 Å². The van der Waals surface area contributed by atoms with E-state index in [0.29, 0.717) is 18.1 Å². The van der Waals surface area contributed by atoms with Crippen LogP contribution in [-0.2, 0) is 14.3 Å². The Morgan fingerprint density at radius 2 is 2.00 bits per heavy atom. The summed E-state index contributed by atoms with van der Waals surface area (Å²) in [5.41, 5.74) is -1.80. The van der Waals surface area contributed by atoms with Gasteiger partial charge in [0.1, 0.15) is 23.4 Å². The normalized spacial score (nSPS) is 21.5. The highest BCUT2D eigenvalue weighted by molar-refractivity contribution is 9.10. The first-order valence-corrected chi connectivity index (χ1v) is 16.1. The number of alkyl carbamates (subject to hydrolysis) is 1. The van der Waals surface area contributed by atoms with E-state index in [1.54, 1.807) is 26.3 Å². The minimum atomic E-state index is -1.50. The van der Waals surface area contributed by atoms with Crippen LogP contribution in [0.3, 0.4) is 0 Å². The van der Waals surface area contributed by atoms with E-state index in [1.165, 1.54) is 4.90 Å². The van der Waals surface area contributed by atoms with Crippen LogP contribution in [0.25, 0.3) is 10.8 Å². The maximum Gasteiger partial charge on any atom is 0.407 e. The van der Waals surface area contributed by atoms with Gasteiger partial charge in [-0.25, -0.2) is 14.6 Å². The van der Waals surface area contributed by atoms with Crippen LogP contribution in [0.4, 0.5) is 4.79 Å². The van der Waals surface area contributed by atoms with Gasteiger partial charge in [0, 0.05) is 23.4 Å². The Kier molecular flexibility index (Phi) is 10.8. The molecule has 44 heavy (non-hydrogen) atoms. The highest BCUT2D eigenvalue weighted by Crippen LogP contribution is 2.39. The molecule has 10 nitrogen and oxygen atoms in total. The number of benzene rings is 1. The number of allylic oxidation sites excluding steroid dienone is 1. The van der Waals surface area contributed by atoms with Crippen molar-refractivity contribution in [3.8, 4) is 11.6 Å². The van der Waals surface area contributed by atoms with Gasteiger partial charge in [0.25, 0.3) is 0 Å². The van der Waals surface area contributed by atoms with E-state index in [9.17, 15) is 19.5 Å². The molecule has 0 unspecified atom stereocenters. The summed E-state index contributed by atoms with van der Waals surface area (Å²) in [5, 5.41) is 14.9. The molecular formula is C33H44BrN3O7. The number of nitrogens with one attached hydrogen (secondary N) is 1. The van der Waals surface area contributed by atoms with Crippen LogP contribution in [-0.4, -0.2) is 70.9 Å². The number of methoxy groups -OCH3 is 1. The van der Waals surface area contributed by atoms with Crippen molar-refractivity contribution in [1.29, 1.82) is 0 Å². The predicted octanol–water partition coefficient (Wildman–Crippen LogP) is 6.50. The van der Waals surface area contributed by atoms with Crippen molar-refractivity contribution in [2.75, 3.05) is 20.3 Å². The molecule has 11 heteroatoms. The van der Waals surface area contributed by atoms with Gasteiger partial charge in [0.2, 0.25) is 11.8 Å². The lowest BCUT2D eigenvalue weighted by Gasteiger charge is -2.38. The number of carboxylic acid groups (broad SMARTS) is 1. The van der Waals surface area contributed by atoms with Gasteiger partial charge in [-0.2, -0.15) is 0 Å². The number of carbonyl (C=O) groups excluding carboxylic acids is 2. The standard InChI is InChI=1S/C33H44BrN3O7/c1-6-14-32(3,4)20-43-31(41)36-27(21-11-9-8-10-12-21)29(38)37-19-23(18-33(37,7-2)30(39)40)44-28-24-17-25(34)26(42-5)16-22(24)13-15-35-28/h6,13,15-17,21,23,27H,1,7-12,14,18-20H2,2-5H3,(H,36,41)(H,39,40)/t23-,27+,33+/m1/s1. The second-order valence-corrected chi connectivity index (χ2v) is 13.5. The summed E-state index contributed by atoms with van der Waals surface area (Å²) in [5.74, 6) is -0.650. The fourth-order valence-electron chi connectivity index (χ4n) is 6.45. The highest BCUT2D eigenvalue weighted by atomic mass is 79.9. The van der Waals surface area contributed by atoms with Gasteiger partial charge >= 0.3 is 12.1 Å². The van der Waals surface area contributed by atoms with Crippen molar-refractivity contribution in [1.82, 2.24) is 15.2 Å². The number of halogens is 1. The molecule has 1 aromatic heterocycles. The summed E-state index contributed by atoms with van der Waals surface area (Å²) in [6.07, 6.45) is 7.47. The number of likely N-dealkylation sites (tertiary alicyclic amines) is 1. The van der Waals surface area contributed by atoms with Crippen molar-refractivity contribution in [3.05, 3.63) is 41.5 Å². The monoisotopic (exact) mass is 673 g/mol. The van der Waals surface area contributed by atoms with Crippen molar-refractivity contribution in [2.45, 2.75) is 89.8 Å². The maximum absolute atomic E-state index is 14.4. The minimum absolute atomic E-state index is 0.0423. The van der Waals surface area contributed by atoms with Crippen molar-refractivity contribution < 1.29 is 33.7 Å². The third-order valence-corrected chi connectivity index (χ3v) is 9.57. The fourth-order valence-corrected chi connectivity index (χ4v) is 6.96. The molecular weight excluding hydrogens is 630 g/mol. The number of carboxylic acids is 1.